The molecular formula is C16H21N5O3. The van der Waals surface area contributed by atoms with Crippen LogP contribution in [-0.4, -0.2) is 70.5 Å². The molecule has 1 aromatic heterocycles. The summed E-state index contributed by atoms with van der Waals surface area (Å²) in [6.45, 7) is 4.68. The average Bonchev–Trinajstić information content (AvgIpc) is 3.00. The van der Waals surface area contributed by atoms with Crippen molar-refractivity contribution in [1.29, 1.82) is 0 Å². The predicted octanol–water partition coefficient (Wildman–Crippen LogP) is 0.517. The van der Waals surface area contributed by atoms with E-state index in [1.54, 1.807) is 16.6 Å². The van der Waals surface area contributed by atoms with Gasteiger partial charge in [-0.3, -0.25) is 4.79 Å². The first-order valence-electron chi connectivity index (χ1n) is 7.90. The summed E-state index contributed by atoms with van der Waals surface area (Å²) in [4.78, 5) is 14.2. The monoisotopic (exact) mass is 331 g/mol. The van der Waals surface area contributed by atoms with E-state index in [0.717, 1.165) is 11.4 Å². The van der Waals surface area contributed by atoms with Gasteiger partial charge in [0.2, 0.25) is 0 Å². The van der Waals surface area contributed by atoms with Gasteiger partial charge in [-0.1, -0.05) is 12.1 Å². The number of aromatic nitrogens is 4. The van der Waals surface area contributed by atoms with Crippen LogP contribution in [0.15, 0.2) is 24.3 Å². The van der Waals surface area contributed by atoms with Gasteiger partial charge in [-0.2, -0.15) is 0 Å². The summed E-state index contributed by atoms with van der Waals surface area (Å²) in [6.07, 6.45) is -0.0604. The number of hydrogen-bond donors (Lipinski definition) is 0. The van der Waals surface area contributed by atoms with Crippen molar-refractivity contribution in [2.75, 3.05) is 33.4 Å². The smallest absolute Gasteiger partial charge is 0.253 e. The number of benzene rings is 1. The van der Waals surface area contributed by atoms with Crippen molar-refractivity contribution in [2.24, 2.45) is 0 Å². The van der Waals surface area contributed by atoms with Crippen LogP contribution in [0.2, 0.25) is 0 Å². The van der Waals surface area contributed by atoms with Gasteiger partial charge in [0, 0.05) is 19.2 Å². The summed E-state index contributed by atoms with van der Waals surface area (Å²) in [7, 11) is 1.78. The highest BCUT2D eigenvalue weighted by Gasteiger charge is 2.20. The molecule has 0 radical (unpaired) electrons. The Morgan fingerprint density at radius 3 is 2.75 bits per heavy atom. The molecule has 0 saturated carbocycles. The van der Waals surface area contributed by atoms with Gasteiger partial charge in [-0.15, -0.1) is 5.10 Å². The number of ether oxygens (including phenoxy) is 2. The van der Waals surface area contributed by atoms with E-state index in [1.807, 2.05) is 31.2 Å². The highest BCUT2D eigenvalue weighted by atomic mass is 16.6. The minimum Gasteiger partial charge on any atom is -0.376 e. The maximum Gasteiger partial charge on any atom is 0.253 e. The van der Waals surface area contributed by atoms with E-state index < -0.39 is 0 Å². The summed E-state index contributed by atoms with van der Waals surface area (Å²) in [6, 6.07) is 7.49. The molecule has 1 aliphatic rings. The first-order chi connectivity index (χ1) is 11.6. The second-order valence-corrected chi connectivity index (χ2v) is 5.83. The van der Waals surface area contributed by atoms with E-state index in [0.29, 0.717) is 38.5 Å². The van der Waals surface area contributed by atoms with E-state index in [-0.39, 0.29) is 12.0 Å². The molecule has 1 aromatic carbocycles. The maximum atomic E-state index is 12.5. The van der Waals surface area contributed by atoms with E-state index >= 15 is 0 Å². The van der Waals surface area contributed by atoms with E-state index in [1.165, 1.54) is 0 Å². The van der Waals surface area contributed by atoms with Crippen LogP contribution in [0, 0.1) is 6.92 Å². The van der Waals surface area contributed by atoms with Crippen LogP contribution in [0.3, 0.4) is 0 Å². The summed E-state index contributed by atoms with van der Waals surface area (Å²) in [5.41, 5.74) is 1.68. The highest BCUT2D eigenvalue weighted by Crippen LogP contribution is 2.10. The van der Waals surface area contributed by atoms with Crippen molar-refractivity contribution in [2.45, 2.75) is 19.6 Å². The highest BCUT2D eigenvalue weighted by molar-refractivity contribution is 5.94. The molecule has 0 spiro atoms. The minimum atomic E-state index is -0.0604. The summed E-state index contributed by atoms with van der Waals surface area (Å²) in [5, 5.41) is 11.4. The normalized spacial score (nSPS) is 17.7. The predicted molar refractivity (Wildman–Crippen MR) is 85.6 cm³/mol. The van der Waals surface area contributed by atoms with Crippen LogP contribution in [0.1, 0.15) is 21.7 Å². The molecular weight excluding hydrogens is 310 g/mol. The van der Waals surface area contributed by atoms with Gasteiger partial charge < -0.3 is 14.4 Å². The molecule has 8 nitrogen and oxygen atoms in total. The number of rotatable bonds is 5. The SMILES string of the molecule is Cc1nnnn1Cc1ccc(C(=O)N(C)C[C@@H]2COCCO2)cc1. The number of tetrazole rings is 1. The zero-order valence-corrected chi connectivity index (χ0v) is 13.9. The summed E-state index contributed by atoms with van der Waals surface area (Å²) in [5.74, 6) is 0.721. The fourth-order valence-electron chi connectivity index (χ4n) is 2.57. The van der Waals surface area contributed by atoms with Gasteiger partial charge in [0.05, 0.1) is 32.5 Å². The number of hydrogen-bond acceptors (Lipinski definition) is 6. The molecule has 1 atom stereocenters. The Balaban J connectivity index is 1.59. The van der Waals surface area contributed by atoms with Crippen LogP contribution in [0.5, 0.6) is 0 Å². The Hall–Kier alpha value is -2.32. The Bertz CT molecular complexity index is 679. The Labute approximate surface area is 140 Å². The number of likely N-dealkylation sites (N-methyl/N-ethyl adjacent to an activating group) is 1. The first-order valence-corrected chi connectivity index (χ1v) is 7.90. The minimum absolute atomic E-state index is 0.0330. The third-order valence-electron chi connectivity index (χ3n) is 3.95. The molecule has 1 saturated heterocycles. The van der Waals surface area contributed by atoms with Crippen molar-refractivity contribution >= 4 is 5.91 Å². The largest absolute Gasteiger partial charge is 0.376 e. The molecule has 0 unspecified atom stereocenters. The molecule has 2 heterocycles. The Kier molecular flexibility index (Phi) is 5.17. The molecule has 1 amide bonds. The quantitative estimate of drug-likeness (QED) is 0.794. The van der Waals surface area contributed by atoms with Crippen LogP contribution in [-0.2, 0) is 16.0 Å². The number of carbonyl (C=O) groups excluding carboxylic acids is 1. The first kappa shape index (κ1) is 16.5. The standard InChI is InChI=1S/C16H21N5O3/c1-12-17-18-19-21(12)9-13-3-5-14(6-4-13)16(22)20(2)10-15-11-23-7-8-24-15/h3-6,15H,7-11H2,1-2H3/t15-/m1/s1. The van der Waals surface area contributed by atoms with Crippen LogP contribution < -0.4 is 0 Å². The van der Waals surface area contributed by atoms with Crippen molar-refractivity contribution in [3.05, 3.63) is 41.2 Å². The van der Waals surface area contributed by atoms with Crippen molar-refractivity contribution in [3.8, 4) is 0 Å². The molecule has 1 fully saturated rings. The molecule has 1 aliphatic heterocycles. The number of aryl methyl sites for hydroxylation is 1. The molecule has 0 N–H and O–H groups in total. The molecule has 3 rings (SSSR count). The van der Waals surface area contributed by atoms with E-state index in [4.69, 9.17) is 9.47 Å². The van der Waals surface area contributed by atoms with Gasteiger partial charge in [0.1, 0.15) is 5.82 Å². The van der Waals surface area contributed by atoms with Gasteiger partial charge in [-0.05, 0) is 35.0 Å². The topological polar surface area (TPSA) is 82.4 Å². The zero-order valence-electron chi connectivity index (χ0n) is 13.9. The lowest BCUT2D eigenvalue weighted by molar-refractivity contribution is -0.0933. The fourth-order valence-corrected chi connectivity index (χ4v) is 2.57. The van der Waals surface area contributed by atoms with Crippen molar-refractivity contribution in [1.82, 2.24) is 25.1 Å². The molecule has 2 aromatic rings. The van der Waals surface area contributed by atoms with Crippen LogP contribution in [0.25, 0.3) is 0 Å². The Morgan fingerprint density at radius 2 is 2.12 bits per heavy atom. The molecule has 128 valence electrons. The van der Waals surface area contributed by atoms with Gasteiger partial charge in [-0.25, -0.2) is 4.68 Å². The molecule has 24 heavy (non-hydrogen) atoms. The van der Waals surface area contributed by atoms with Crippen molar-refractivity contribution in [3.63, 3.8) is 0 Å². The lowest BCUT2D eigenvalue weighted by atomic mass is 10.1. The van der Waals surface area contributed by atoms with Crippen molar-refractivity contribution < 1.29 is 14.3 Å². The summed E-state index contributed by atoms with van der Waals surface area (Å²) < 4.78 is 12.7. The zero-order chi connectivity index (χ0) is 16.9. The number of nitrogens with zero attached hydrogens (tertiary/aromatic N) is 5. The van der Waals surface area contributed by atoms with Gasteiger partial charge in [0.15, 0.2) is 0 Å². The van der Waals surface area contributed by atoms with E-state index in [9.17, 15) is 4.79 Å². The number of carbonyl (C=O) groups is 1. The van der Waals surface area contributed by atoms with Gasteiger partial charge in [0.25, 0.3) is 5.91 Å². The fraction of sp³-hybridized carbons (Fsp3) is 0.500. The average molecular weight is 331 g/mol. The maximum absolute atomic E-state index is 12.5. The number of amides is 1. The second-order valence-electron chi connectivity index (χ2n) is 5.83. The van der Waals surface area contributed by atoms with Crippen LogP contribution >= 0.6 is 0 Å². The Morgan fingerprint density at radius 1 is 1.33 bits per heavy atom. The lowest BCUT2D eigenvalue weighted by Gasteiger charge is -2.27. The van der Waals surface area contributed by atoms with Crippen LogP contribution in [0.4, 0.5) is 0 Å². The molecule has 0 aliphatic carbocycles. The van der Waals surface area contributed by atoms with E-state index in [2.05, 4.69) is 15.5 Å². The second kappa shape index (κ2) is 7.50. The molecule has 0 bridgehead atoms. The lowest BCUT2D eigenvalue weighted by Crippen LogP contribution is -2.40. The third-order valence-corrected chi connectivity index (χ3v) is 3.95. The third kappa shape index (κ3) is 3.95. The molecule has 8 heteroatoms. The summed E-state index contributed by atoms with van der Waals surface area (Å²) >= 11 is 0. The van der Waals surface area contributed by atoms with Gasteiger partial charge >= 0.3 is 0 Å².